The van der Waals surface area contributed by atoms with E-state index in [0.717, 1.165) is 17.3 Å². The molecule has 2 heterocycles. The molecule has 0 unspecified atom stereocenters. The molecular weight excluding hydrogens is 344 g/mol. The zero-order valence-electron chi connectivity index (χ0n) is 13.8. The quantitative estimate of drug-likeness (QED) is 0.608. The molecule has 132 valence electrons. The lowest BCUT2D eigenvalue weighted by molar-refractivity contribution is 0.333. The Hall–Kier alpha value is -2.88. The summed E-state index contributed by atoms with van der Waals surface area (Å²) in [6.45, 7) is 0.967. The van der Waals surface area contributed by atoms with E-state index in [1.165, 1.54) is 6.33 Å². The molecule has 0 bridgehead atoms. The van der Waals surface area contributed by atoms with Gasteiger partial charge < -0.3 is 10.1 Å². The van der Waals surface area contributed by atoms with Gasteiger partial charge in [-0.2, -0.15) is 5.10 Å². The van der Waals surface area contributed by atoms with E-state index in [1.807, 2.05) is 7.05 Å². The number of nitrogens with zero attached hydrogens (tertiary/aromatic N) is 4. The number of nitrogens with one attached hydrogen (secondary N) is 2. The lowest BCUT2D eigenvalue weighted by Crippen LogP contribution is -2.13. The summed E-state index contributed by atoms with van der Waals surface area (Å²) in [5.41, 5.74) is 1.25. The fraction of sp³-hybridized carbons (Fsp3) is 0.267. The third-order valence-electron chi connectivity index (χ3n) is 3.35. The number of aryl methyl sites for hydroxylation is 1. The Balaban J connectivity index is 1.53. The molecule has 0 amide bonds. The summed E-state index contributed by atoms with van der Waals surface area (Å²) < 4.78 is 32.0. The highest BCUT2D eigenvalue weighted by atomic mass is 32.2. The fourth-order valence-electron chi connectivity index (χ4n) is 2.27. The average molecular weight is 362 g/mol. The van der Waals surface area contributed by atoms with Crippen LogP contribution in [0.5, 0.6) is 5.75 Å². The van der Waals surface area contributed by atoms with Crippen LogP contribution in [-0.2, 0) is 17.1 Å². The molecule has 0 spiro atoms. The molecule has 0 fully saturated rings. The van der Waals surface area contributed by atoms with E-state index < -0.39 is 10.0 Å². The molecule has 0 saturated carbocycles. The Morgan fingerprint density at radius 1 is 1.20 bits per heavy atom. The first-order chi connectivity index (χ1) is 11.9. The number of fused-ring (bicyclic) bond motifs is 1. The van der Waals surface area contributed by atoms with Crippen LogP contribution < -0.4 is 14.8 Å². The highest BCUT2D eigenvalue weighted by molar-refractivity contribution is 7.92. The Bertz CT molecular complexity index is 969. The predicted octanol–water partition coefficient (Wildman–Crippen LogP) is 1.23. The number of hydrogen-bond acceptors (Lipinski definition) is 7. The highest BCUT2D eigenvalue weighted by Gasteiger charge is 2.07. The van der Waals surface area contributed by atoms with E-state index in [4.69, 9.17) is 4.74 Å². The van der Waals surface area contributed by atoms with Crippen molar-refractivity contribution in [1.82, 2.24) is 19.7 Å². The minimum atomic E-state index is -3.28. The Morgan fingerprint density at radius 2 is 1.96 bits per heavy atom. The van der Waals surface area contributed by atoms with Crippen LogP contribution in [0.1, 0.15) is 0 Å². The summed E-state index contributed by atoms with van der Waals surface area (Å²) >= 11 is 0. The predicted molar refractivity (Wildman–Crippen MR) is 95.2 cm³/mol. The SMILES string of the molecule is Cn1ncc2c(NCCOc3ccc(NS(C)(=O)=O)cc3)ncnc21. The first-order valence-electron chi connectivity index (χ1n) is 7.49. The van der Waals surface area contributed by atoms with Crippen molar-refractivity contribution in [3.63, 3.8) is 0 Å². The van der Waals surface area contributed by atoms with Crippen molar-refractivity contribution in [2.75, 3.05) is 29.4 Å². The summed E-state index contributed by atoms with van der Waals surface area (Å²) in [4.78, 5) is 8.39. The second kappa shape index (κ2) is 6.93. The number of hydrogen-bond donors (Lipinski definition) is 2. The van der Waals surface area contributed by atoms with Gasteiger partial charge in [-0.3, -0.25) is 9.40 Å². The first-order valence-corrected chi connectivity index (χ1v) is 9.39. The summed E-state index contributed by atoms with van der Waals surface area (Å²) in [7, 11) is -1.45. The molecule has 3 rings (SSSR count). The van der Waals surface area contributed by atoms with Crippen LogP contribution in [0.3, 0.4) is 0 Å². The number of ether oxygens (including phenoxy) is 1. The first kappa shape index (κ1) is 17.0. The van der Waals surface area contributed by atoms with Crippen LogP contribution in [0, 0.1) is 0 Å². The molecule has 10 heteroatoms. The lowest BCUT2D eigenvalue weighted by atomic mass is 10.3. The van der Waals surface area contributed by atoms with Crippen LogP contribution >= 0.6 is 0 Å². The molecule has 1 aromatic carbocycles. The topological polar surface area (TPSA) is 111 Å². The van der Waals surface area contributed by atoms with Gasteiger partial charge in [0.15, 0.2) is 5.65 Å². The number of benzene rings is 1. The second-order valence-corrected chi connectivity index (χ2v) is 7.15. The van der Waals surface area contributed by atoms with Crippen LogP contribution in [0.25, 0.3) is 11.0 Å². The van der Waals surface area contributed by atoms with Gasteiger partial charge in [0, 0.05) is 12.7 Å². The van der Waals surface area contributed by atoms with Gasteiger partial charge >= 0.3 is 0 Å². The van der Waals surface area contributed by atoms with Crippen molar-refractivity contribution in [3.8, 4) is 5.75 Å². The van der Waals surface area contributed by atoms with E-state index >= 15 is 0 Å². The van der Waals surface area contributed by atoms with E-state index in [9.17, 15) is 8.42 Å². The molecule has 9 nitrogen and oxygen atoms in total. The van der Waals surface area contributed by atoms with Crippen molar-refractivity contribution in [2.24, 2.45) is 7.05 Å². The van der Waals surface area contributed by atoms with Gasteiger partial charge in [-0.1, -0.05) is 0 Å². The van der Waals surface area contributed by atoms with Crippen LogP contribution in [0.15, 0.2) is 36.8 Å². The van der Waals surface area contributed by atoms with E-state index in [0.29, 0.717) is 30.4 Å². The van der Waals surface area contributed by atoms with Gasteiger partial charge in [0.2, 0.25) is 10.0 Å². The molecule has 0 radical (unpaired) electrons. The minimum Gasteiger partial charge on any atom is -0.492 e. The molecule has 2 N–H and O–H groups in total. The largest absolute Gasteiger partial charge is 0.492 e. The van der Waals surface area contributed by atoms with Gasteiger partial charge in [-0.25, -0.2) is 18.4 Å². The number of aromatic nitrogens is 4. The van der Waals surface area contributed by atoms with Crippen molar-refractivity contribution in [1.29, 1.82) is 0 Å². The molecule has 0 aliphatic rings. The lowest BCUT2D eigenvalue weighted by Gasteiger charge is -2.09. The molecule has 0 atom stereocenters. The maximum atomic E-state index is 11.2. The van der Waals surface area contributed by atoms with Gasteiger partial charge in [0.1, 0.15) is 24.5 Å². The number of rotatable bonds is 7. The minimum absolute atomic E-state index is 0.421. The van der Waals surface area contributed by atoms with Gasteiger partial charge in [0.25, 0.3) is 0 Å². The molecule has 0 aliphatic heterocycles. The van der Waals surface area contributed by atoms with E-state index in [2.05, 4.69) is 25.1 Å². The second-order valence-electron chi connectivity index (χ2n) is 5.40. The molecule has 0 saturated heterocycles. The summed E-state index contributed by atoms with van der Waals surface area (Å²) in [5.74, 6) is 1.35. The molecule has 3 aromatic rings. The summed E-state index contributed by atoms with van der Waals surface area (Å²) in [6.07, 6.45) is 4.31. The van der Waals surface area contributed by atoms with Gasteiger partial charge in [-0.15, -0.1) is 0 Å². The van der Waals surface area contributed by atoms with Crippen molar-refractivity contribution >= 4 is 32.6 Å². The molecule has 2 aromatic heterocycles. The zero-order valence-corrected chi connectivity index (χ0v) is 14.6. The summed E-state index contributed by atoms with van der Waals surface area (Å²) in [6, 6.07) is 6.70. The maximum Gasteiger partial charge on any atom is 0.229 e. The van der Waals surface area contributed by atoms with Crippen molar-refractivity contribution in [2.45, 2.75) is 0 Å². The van der Waals surface area contributed by atoms with Crippen LogP contribution in [-0.4, -0.2) is 47.6 Å². The monoisotopic (exact) mass is 362 g/mol. The molecular formula is C15H18N6O3S. The Labute approximate surface area is 145 Å². The Morgan fingerprint density at radius 3 is 2.68 bits per heavy atom. The van der Waals surface area contributed by atoms with Gasteiger partial charge in [0.05, 0.1) is 24.4 Å². The van der Waals surface area contributed by atoms with E-state index in [1.54, 1.807) is 35.1 Å². The van der Waals surface area contributed by atoms with Crippen molar-refractivity contribution < 1.29 is 13.2 Å². The van der Waals surface area contributed by atoms with E-state index in [-0.39, 0.29) is 0 Å². The van der Waals surface area contributed by atoms with Crippen LogP contribution in [0.2, 0.25) is 0 Å². The standard InChI is InChI=1S/C15H18N6O3S/c1-21-15-13(9-19-21)14(17-10-18-15)16-7-8-24-12-5-3-11(4-6-12)20-25(2,22)23/h3-6,9-10,20H,7-8H2,1-2H3,(H,16,17,18). The average Bonchev–Trinajstić information content (AvgIpc) is 2.94. The number of sulfonamides is 1. The number of anilines is 2. The van der Waals surface area contributed by atoms with Crippen LogP contribution in [0.4, 0.5) is 11.5 Å². The van der Waals surface area contributed by atoms with Gasteiger partial charge in [-0.05, 0) is 24.3 Å². The Kier molecular flexibility index (Phi) is 4.70. The zero-order chi connectivity index (χ0) is 17.9. The third-order valence-corrected chi connectivity index (χ3v) is 3.96. The maximum absolute atomic E-state index is 11.2. The van der Waals surface area contributed by atoms with Crippen molar-refractivity contribution in [3.05, 3.63) is 36.8 Å². The molecule has 25 heavy (non-hydrogen) atoms. The highest BCUT2D eigenvalue weighted by Crippen LogP contribution is 2.18. The normalized spacial score (nSPS) is 11.4. The third kappa shape index (κ3) is 4.35. The fourth-order valence-corrected chi connectivity index (χ4v) is 2.84. The smallest absolute Gasteiger partial charge is 0.229 e. The molecule has 0 aliphatic carbocycles. The summed E-state index contributed by atoms with van der Waals surface area (Å²) in [5, 5.41) is 8.20.